The van der Waals surface area contributed by atoms with Crippen molar-refractivity contribution in [1.29, 1.82) is 0 Å². The molecular formula is C16H22F2N3O3S. The third-order valence-corrected chi connectivity index (χ3v) is 5.46. The summed E-state index contributed by atoms with van der Waals surface area (Å²) in [6.45, 7) is 0. The van der Waals surface area contributed by atoms with Crippen LogP contribution in [0.15, 0.2) is 5.38 Å². The van der Waals surface area contributed by atoms with Gasteiger partial charge in [0.1, 0.15) is 0 Å². The van der Waals surface area contributed by atoms with Gasteiger partial charge in [0.05, 0.1) is 11.8 Å². The highest BCUT2D eigenvalue weighted by Gasteiger charge is 2.39. The van der Waals surface area contributed by atoms with Crippen LogP contribution in [0.3, 0.4) is 0 Å². The molecule has 6 nitrogen and oxygen atoms in total. The van der Waals surface area contributed by atoms with Crippen molar-refractivity contribution in [3.8, 4) is 0 Å². The maximum absolute atomic E-state index is 13.3. The largest absolute Gasteiger partial charge is 0.393 e. The predicted molar refractivity (Wildman–Crippen MR) is 88.8 cm³/mol. The lowest BCUT2D eigenvalue weighted by molar-refractivity contribution is -0.127. The van der Waals surface area contributed by atoms with Crippen LogP contribution in [0.25, 0.3) is 0 Å². The lowest BCUT2D eigenvalue weighted by Crippen LogP contribution is -2.37. The van der Waals surface area contributed by atoms with Gasteiger partial charge in [-0.2, -0.15) is 0 Å². The number of thiazole rings is 1. The zero-order valence-electron chi connectivity index (χ0n) is 13.7. The summed E-state index contributed by atoms with van der Waals surface area (Å²) < 4.78 is 26.5. The summed E-state index contributed by atoms with van der Waals surface area (Å²) in [6.07, 6.45) is 0.984. The predicted octanol–water partition coefficient (Wildman–Crippen LogP) is 1.67. The fourth-order valence-corrected chi connectivity index (χ4v) is 3.82. The van der Waals surface area contributed by atoms with E-state index in [0.717, 1.165) is 11.3 Å². The number of hydrogen-bond acceptors (Lipinski definition) is 5. The molecule has 1 radical (unpaired) electrons. The second kappa shape index (κ2) is 8.18. The van der Waals surface area contributed by atoms with E-state index in [1.54, 1.807) is 11.8 Å². The van der Waals surface area contributed by atoms with Crippen LogP contribution in [-0.4, -0.2) is 33.9 Å². The number of carbonyl (C=O) groups excluding carboxylic acids is 2. The molecule has 2 amide bonds. The number of rotatable bonds is 8. The van der Waals surface area contributed by atoms with Crippen molar-refractivity contribution in [2.75, 3.05) is 0 Å². The van der Waals surface area contributed by atoms with E-state index in [0.29, 0.717) is 12.1 Å². The number of amides is 2. The Balaban J connectivity index is 1.86. The van der Waals surface area contributed by atoms with Crippen molar-refractivity contribution in [2.24, 2.45) is 23.3 Å². The quantitative estimate of drug-likeness (QED) is 0.641. The number of alkyl halides is 2. The number of halogens is 2. The SMILES string of the molecule is NC(=O)c1nc(C[CH]C(O)CC(C(N)=O)C2CCC(F)(F)CC2)cs1. The first-order valence-corrected chi connectivity index (χ1v) is 8.98. The van der Waals surface area contributed by atoms with Crippen LogP contribution in [0.1, 0.15) is 47.6 Å². The standard InChI is InChI=1S/C16H22F2N3O3S/c17-16(18)5-3-9(4-6-16)12(13(19)23)7-11(22)2-1-10-8-25-15(21-10)14(20)24/h2,8-9,11-12,22H,1,3-7H2,(H2,19,23)(H2,20,24). The van der Waals surface area contributed by atoms with Crippen LogP contribution >= 0.6 is 11.3 Å². The topological polar surface area (TPSA) is 119 Å². The Morgan fingerprint density at radius 3 is 2.56 bits per heavy atom. The van der Waals surface area contributed by atoms with Gasteiger partial charge in [-0.25, -0.2) is 13.8 Å². The van der Waals surface area contributed by atoms with Crippen molar-refractivity contribution < 1.29 is 23.5 Å². The molecule has 0 bridgehead atoms. The third kappa shape index (κ3) is 5.71. The normalized spacial score (nSPS) is 20.1. The molecule has 1 aromatic rings. The molecule has 139 valence electrons. The number of carbonyl (C=O) groups is 2. The number of aliphatic hydroxyl groups is 1. The van der Waals surface area contributed by atoms with E-state index in [1.807, 2.05) is 0 Å². The van der Waals surface area contributed by atoms with E-state index in [-0.39, 0.29) is 43.0 Å². The minimum Gasteiger partial charge on any atom is -0.393 e. The van der Waals surface area contributed by atoms with Crippen molar-refractivity contribution in [3.05, 3.63) is 22.5 Å². The Bertz CT molecular complexity index is 614. The van der Waals surface area contributed by atoms with Gasteiger partial charge < -0.3 is 16.6 Å². The van der Waals surface area contributed by atoms with Crippen LogP contribution in [0.2, 0.25) is 0 Å². The molecular weight excluding hydrogens is 352 g/mol. The number of aliphatic hydroxyl groups excluding tert-OH is 1. The molecule has 0 saturated heterocycles. The van der Waals surface area contributed by atoms with Gasteiger partial charge in [0.25, 0.3) is 5.91 Å². The van der Waals surface area contributed by atoms with E-state index in [2.05, 4.69) is 4.98 Å². The first-order valence-electron chi connectivity index (χ1n) is 8.10. The number of hydrogen-bond donors (Lipinski definition) is 3. The number of primary amides is 2. The average Bonchev–Trinajstić information content (AvgIpc) is 3.00. The number of nitrogens with two attached hydrogens (primary N) is 2. The summed E-state index contributed by atoms with van der Waals surface area (Å²) in [6, 6.07) is 0. The molecule has 2 rings (SSSR count). The van der Waals surface area contributed by atoms with E-state index < -0.39 is 29.8 Å². The molecule has 0 aromatic carbocycles. The van der Waals surface area contributed by atoms with Crippen LogP contribution in [0.5, 0.6) is 0 Å². The first-order chi connectivity index (χ1) is 11.7. The van der Waals surface area contributed by atoms with Crippen molar-refractivity contribution in [3.63, 3.8) is 0 Å². The number of aromatic nitrogens is 1. The first kappa shape index (κ1) is 19.7. The molecule has 5 N–H and O–H groups in total. The second-order valence-corrected chi connectivity index (χ2v) is 7.31. The molecule has 1 saturated carbocycles. The third-order valence-electron chi connectivity index (χ3n) is 4.55. The van der Waals surface area contributed by atoms with Gasteiger partial charge >= 0.3 is 0 Å². The summed E-state index contributed by atoms with van der Waals surface area (Å²) in [5, 5.41) is 12.0. The van der Waals surface area contributed by atoms with Crippen molar-refractivity contribution >= 4 is 23.2 Å². The Morgan fingerprint density at radius 1 is 1.40 bits per heavy atom. The zero-order valence-corrected chi connectivity index (χ0v) is 14.5. The van der Waals surface area contributed by atoms with Gasteiger partial charge in [0, 0.05) is 24.1 Å². The van der Waals surface area contributed by atoms with E-state index in [9.17, 15) is 23.5 Å². The zero-order chi connectivity index (χ0) is 18.6. The van der Waals surface area contributed by atoms with E-state index in [1.165, 1.54) is 0 Å². The summed E-state index contributed by atoms with van der Waals surface area (Å²) in [5.74, 6) is -4.74. The second-order valence-electron chi connectivity index (χ2n) is 6.45. The molecule has 1 aliphatic rings. The Labute approximate surface area is 148 Å². The Morgan fingerprint density at radius 2 is 2.04 bits per heavy atom. The lowest BCUT2D eigenvalue weighted by atomic mass is 9.76. The van der Waals surface area contributed by atoms with E-state index in [4.69, 9.17) is 11.5 Å². The molecule has 0 aliphatic heterocycles. The van der Waals surface area contributed by atoms with Gasteiger partial charge in [-0.05, 0) is 38.0 Å². The van der Waals surface area contributed by atoms with Gasteiger partial charge in [-0.3, -0.25) is 9.59 Å². The maximum atomic E-state index is 13.3. The van der Waals surface area contributed by atoms with Gasteiger partial charge in [-0.1, -0.05) is 0 Å². The number of nitrogens with zero attached hydrogens (tertiary/aromatic N) is 1. The summed E-state index contributed by atoms with van der Waals surface area (Å²) in [4.78, 5) is 26.7. The monoisotopic (exact) mass is 374 g/mol. The molecule has 25 heavy (non-hydrogen) atoms. The molecule has 9 heteroatoms. The highest BCUT2D eigenvalue weighted by atomic mass is 32.1. The van der Waals surface area contributed by atoms with Crippen molar-refractivity contribution in [1.82, 2.24) is 4.98 Å². The molecule has 2 atom stereocenters. The van der Waals surface area contributed by atoms with Gasteiger partial charge in [-0.15, -0.1) is 11.3 Å². The van der Waals surface area contributed by atoms with Crippen LogP contribution < -0.4 is 11.5 Å². The lowest BCUT2D eigenvalue weighted by Gasteiger charge is -2.33. The fraction of sp³-hybridized carbons (Fsp3) is 0.625. The molecule has 2 unspecified atom stereocenters. The fourth-order valence-electron chi connectivity index (χ4n) is 3.13. The van der Waals surface area contributed by atoms with Crippen LogP contribution in [0.4, 0.5) is 8.78 Å². The highest BCUT2D eigenvalue weighted by Crippen LogP contribution is 2.40. The minimum atomic E-state index is -2.67. The van der Waals surface area contributed by atoms with Gasteiger partial charge in [0.15, 0.2) is 5.01 Å². The molecule has 1 aromatic heterocycles. The molecule has 1 aliphatic carbocycles. The smallest absolute Gasteiger partial charge is 0.277 e. The Hall–Kier alpha value is -1.61. The minimum absolute atomic E-state index is 0.0956. The van der Waals surface area contributed by atoms with Crippen molar-refractivity contribution in [2.45, 2.75) is 50.6 Å². The summed E-state index contributed by atoms with van der Waals surface area (Å²) in [5.41, 5.74) is 11.1. The maximum Gasteiger partial charge on any atom is 0.277 e. The van der Waals surface area contributed by atoms with Crippen LogP contribution in [0, 0.1) is 18.3 Å². The summed E-state index contributed by atoms with van der Waals surface area (Å²) in [7, 11) is 0. The highest BCUT2D eigenvalue weighted by molar-refractivity contribution is 7.11. The molecule has 0 spiro atoms. The Kier molecular flexibility index (Phi) is 6.45. The van der Waals surface area contributed by atoms with Crippen LogP contribution in [-0.2, 0) is 11.2 Å². The average molecular weight is 374 g/mol. The summed E-state index contributed by atoms with van der Waals surface area (Å²) >= 11 is 1.12. The molecule has 1 fully saturated rings. The molecule has 1 heterocycles. The van der Waals surface area contributed by atoms with E-state index >= 15 is 0 Å². The van der Waals surface area contributed by atoms with Gasteiger partial charge in [0.2, 0.25) is 11.8 Å².